The zero-order valence-corrected chi connectivity index (χ0v) is 11.7. The first kappa shape index (κ1) is 15.6. The Balaban J connectivity index is 2.05. The van der Waals surface area contributed by atoms with E-state index in [1.165, 1.54) is 0 Å². The molecule has 0 spiro atoms. The van der Waals surface area contributed by atoms with Gasteiger partial charge in [0.1, 0.15) is 12.7 Å². The predicted octanol–water partition coefficient (Wildman–Crippen LogP) is 2.02. The van der Waals surface area contributed by atoms with E-state index in [4.69, 9.17) is 9.47 Å². The van der Waals surface area contributed by atoms with Crippen molar-refractivity contribution in [2.75, 3.05) is 19.7 Å². The minimum Gasteiger partial charge on any atom is -0.485 e. The maximum atomic E-state index is 13.7. The van der Waals surface area contributed by atoms with E-state index in [0.29, 0.717) is 25.2 Å². The van der Waals surface area contributed by atoms with E-state index < -0.39 is 33.6 Å². The third-order valence-electron chi connectivity index (χ3n) is 3.02. The number of hydrogen-bond donors (Lipinski definition) is 1. The van der Waals surface area contributed by atoms with Gasteiger partial charge < -0.3 is 14.8 Å². The van der Waals surface area contributed by atoms with Crippen LogP contribution in [0.1, 0.15) is 13.8 Å². The monoisotopic (exact) mass is 302 g/mol. The predicted molar refractivity (Wildman–Crippen MR) is 70.3 cm³/mol. The lowest BCUT2D eigenvalue weighted by molar-refractivity contribution is -0.385. The molecule has 1 N–H and O–H groups in total. The van der Waals surface area contributed by atoms with Crippen molar-refractivity contribution in [2.24, 2.45) is 0 Å². The molecule has 1 heterocycles. The number of hydrogen-bond acceptors (Lipinski definition) is 5. The maximum Gasteiger partial charge on any atom is 0.275 e. The van der Waals surface area contributed by atoms with Crippen molar-refractivity contribution in [1.29, 1.82) is 0 Å². The molecule has 2 rings (SSSR count). The van der Waals surface area contributed by atoms with Gasteiger partial charge >= 0.3 is 0 Å². The Morgan fingerprint density at radius 3 is 2.62 bits per heavy atom. The van der Waals surface area contributed by atoms with Crippen LogP contribution >= 0.6 is 0 Å². The lowest BCUT2D eigenvalue weighted by atomic mass is 10.1. The molecule has 1 fully saturated rings. The van der Waals surface area contributed by atoms with Crippen LogP contribution in [0.5, 0.6) is 5.75 Å². The number of non-ortho nitro benzene ring substituents is 1. The van der Waals surface area contributed by atoms with Crippen molar-refractivity contribution in [2.45, 2.75) is 25.6 Å². The first-order chi connectivity index (χ1) is 9.78. The molecule has 1 saturated heterocycles. The first-order valence-electron chi connectivity index (χ1n) is 6.43. The van der Waals surface area contributed by atoms with Crippen LogP contribution in [0.15, 0.2) is 12.1 Å². The Bertz CT molecular complexity index is 528. The van der Waals surface area contributed by atoms with Crippen LogP contribution < -0.4 is 10.1 Å². The van der Waals surface area contributed by atoms with Gasteiger partial charge in [-0.2, -0.15) is 0 Å². The number of nitro benzene ring substituents is 1. The zero-order chi connectivity index (χ0) is 15.6. The second-order valence-electron chi connectivity index (χ2n) is 5.44. The smallest absolute Gasteiger partial charge is 0.275 e. The Morgan fingerprint density at radius 2 is 2.10 bits per heavy atom. The van der Waals surface area contributed by atoms with Gasteiger partial charge in [-0.05, 0) is 13.8 Å². The van der Waals surface area contributed by atoms with Gasteiger partial charge in [0.2, 0.25) is 0 Å². The molecule has 1 aliphatic rings. The molecule has 0 radical (unpaired) electrons. The number of nitrogens with one attached hydrogen (secondary N) is 1. The van der Waals surface area contributed by atoms with Gasteiger partial charge in [0.25, 0.3) is 5.69 Å². The highest BCUT2D eigenvalue weighted by Crippen LogP contribution is 2.27. The van der Waals surface area contributed by atoms with Gasteiger partial charge in [-0.15, -0.1) is 0 Å². The molecular formula is C13H16F2N2O4. The summed E-state index contributed by atoms with van der Waals surface area (Å²) in [7, 11) is 0. The number of ether oxygens (including phenoxy) is 2. The van der Waals surface area contributed by atoms with Crippen molar-refractivity contribution >= 4 is 5.69 Å². The van der Waals surface area contributed by atoms with Gasteiger partial charge in [-0.3, -0.25) is 10.1 Å². The van der Waals surface area contributed by atoms with Gasteiger partial charge in [0.15, 0.2) is 17.4 Å². The molecule has 1 unspecified atom stereocenters. The summed E-state index contributed by atoms with van der Waals surface area (Å²) in [6.45, 7) is 4.89. The minimum atomic E-state index is -1.11. The molecule has 0 saturated carbocycles. The highest BCUT2D eigenvalue weighted by Gasteiger charge is 2.29. The molecule has 0 amide bonds. The molecule has 8 heteroatoms. The topological polar surface area (TPSA) is 73.6 Å². The lowest BCUT2D eigenvalue weighted by Crippen LogP contribution is -2.52. The SMILES string of the molecule is CC1(C)CNCC(COc2c(F)cc([N+](=O)[O-])cc2F)O1. The number of morpholine rings is 1. The fraction of sp³-hybridized carbons (Fsp3) is 0.538. The third kappa shape index (κ3) is 3.85. The number of rotatable bonds is 4. The van der Waals surface area contributed by atoms with E-state index in [1.54, 1.807) is 0 Å². The average molecular weight is 302 g/mol. The quantitative estimate of drug-likeness (QED) is 0.680. The molecule has 0 bridgehead atoms. The van der Waals surface area contributed by atoms with E-state index in [2.05, 4.69) is 5.32 Å². The Morgan fingerprint density at radius 1 is 1.48 bits per heavy atom. The summed E-state index contributed by atoms with van der Waals surface area (Å²) in [4.78, 5) is 9.63. The second kappa shape index (κ2) is 5.90. The van der Waals surface area contributed by atoms with E-state index >= 15 is 0 Å². The highest BCUT2D eigenvalue weighted by molar-refractivity contribution is 5.39. The molecule has 1 aromatic rings. The molecular weight excluding hydrogens is 286 g/mol. The summed E-state index contributed by atoms with van der Waals surface area (Å²) in [5, 5.41) is 13.6. The molecule has 21 heavy (non-hydrogen) atoms. The second-order valence-corrected chi connectivity index (χ2v) is 5.44. The average Bonchev–Trinajstić information content (AvgIpc) is 2.36. The van der Waals surface area contributed by atoms with Crippen molar-refractivity contribution in [3.63, 3.8) is 0 Å². The molecule has 1 atom stereocenters. The number of benzene rings is 1. The Labute approximate surface area is 120 Å². The zero-order valence-electron chi connectivity index (χ0n) is 11.7. The highest BCUT2D eigenvalue weighted by atomic mass is 19.1. The van der Waals surface area contributed by atoms with E-state index in [0.717, 1.165) is 0 Å². The van der Waals surface area contributed by atoms with E-state index in [-0.39, 0.29) is 12.7 Å². The van der Waals surface area contributed by atoms with E-state index in [9.17, 15) is 18.9 Å². The fourth-order valence-electron chi connectivity index (χ4n) is 2.13. The summed E-state index contributed by atoms with van der Waals surface area (Å²) in [5.41, 5.74) is -1.05. The first-order valence-corrected chi connectivity index (χ1v) is 6.43. The fourth-order valence-corrected chi connectivity index (χ4v) is 2.13. The van der Waals surface area contributed by atoms with Crippen LogP contribution in [-0.2, 0) is 4.74 Å². The lowest BCUT2D eigenvalue weighted by Gasteiger charge is -2.36. The minimum absolute atomic E-state index is 0.0535. The van der Waals surface area contributed by atoms with Crippen molar-refractivity contribution in [3.8, 4) is 5.75 Å². The third-order valence-corrected chi connectivity index (χ3v) is 3.02. The van der Waals surface area contributed by atoms with Crippen molar-refractivity contribution < 1.29 is 23.2 Å². The van der Waals surface area contributed by atoms with Crippen molar-refractivity contribution in [1.82, 2.24) is 5.32 Å². The molecule has 116 valence electrons. The van der Waals surface area contributed by atoms with Gasteiger partial charge in [0, 0.05) is 13.1 Å². The molecule has 1 aliphatic heterocycles. The summed E-state index contributed by atoms with van der Waals surface area (Å²) in [6, 6.07) is 1.25. The number of nitro groups is 1. The number of nitrogens with zero attached hydrogens (tertiary/aromatic N) is 1. The number of halogens is 2. The van der Waals surface area contributed by atoms with Crippen LogP contribution in [0.3, 0.4) is 0 Å². The van der Waals surface area contributed by atoms with Crippen LogP contribution in [0, 0.1) is 21.7 Å². The van der Waals surface area contributed by atoms with Gasteiger partial charge in [-0.25, -0.2) is 8.78 Å². The molecule has 0 aliphatic carbocycles. The standard InChI is InChI=1S/C13H16F2N2O4/c1-13(2)7-16-5-9(21-13)6-20-12-10(14)3-8(17(18)19)4-11(12)15/h3-4,9,16H,5-7H2,1-2H3. The maximum absolute atomic E-state index is 13.7. The molecule has 6 nitrogen and oxygen atoms in total. The summed E-state index contributed by atoms with van der Waals surface area (Å²) in [6.07, 6.45) is -0.359. The molecule has 0 aromatic heterocycles. The van der Waals surface area contributed by atoms with Crippen LogP contribution in [-0.4, -0.2) is 36.3 Å². The van der Waals surface area contributed by atoms with E-state index in [1.807, 2.05) is 13.8 Å². The van der Waals surface area contributed by atoms with Gasteiger partial charge in [-0.1, -0.05) is 0 Å². The van der Waals surface area contributed by atoms with Crippen LogP contribution in [0.25, 0.3) is 0 Å². The largest absolute Gasteiger partial charge is 0.485 e. The normalized spacial score (nSPS) is 21.0. The summed E-state index contributed by atoms with van der Waals surface area (Å²) >= 11 is 0. The Hall–Kier alpha value is -1.80. The Kier molecular flexibility index (Phi) is 4.38. The summed E-state index contributed by atoms with van der Waals surface area (Å²) in [5.74, 6) is -2.85. The van der Waals surface area contributed by atoms with Gasteiger partial charge in [0.05, 0.1) is 22.7 Å². The van der Waals surface area contributed by atoms with Crippen molar-refractivity contribution in [3.05, 3.63) is 33.9 Å². The van der Waals surface area contributed by atoms with Crippen LogP contribution in [0.2, 0.25) is 0 Å². The van der Waals surface area contributed by atoms with Crippen LogP contribution in [0.4, 0.5) is 14.5 Å². The molecule has 1 aromatic carbocycles. The summed E-state index contributed by atoms with van der Waals surface area (Å²) < 4.78 is 38.1.